The zero-order chi connectivity index (χ0) is 10.7. The Labute approximate surface area is 86.4 Å². The van der Waals surface area contributed by atoms with Gasteiger partial charge >= 0.3 is 5.97 Å². The fraction of sp³-hybridized carbons (Fsp3) is 0.375. The number of amides is 1. The van der Waals surface area contributed by atoms with Crippen LogP contribution in [0.4, 0.5) is 0 Å². The van der Waals surface area contributed by atoms with Crippen molar-refractivity contribution >= 4 is 29.2 Å². The molecular weight excluding hydrogens is 204 g/mol. The first kappa shape index (κ1) is 10.6. The Morgan fingerprint density at radius 2 is 2.43 bits per heavy atom. The van der Waals surface area contributed by atoms with Crippen LogP contribution in [0.1, 0.15) is 6.42 Å². The van der Waals surface area contributed by atoms with Gasteiger partial charge in [-0.1, -0.05) is 6.08 Å². The monoisotopic (exact) mass is 214 g/mol. The zero-order valence-corrected chi connectivity index (χ0v) is 8.21. The highest BCUT2D eigenvalue weighted by molar-refractivity contribution is 7.80. The van der Waals surface area contributed by atoms with Crippen LogP contribution in [-0.2, 0) is 9.59 Å². The molecule has 1 atom stereocenters. The van der Waals surface area contributed by atoms with Gasteiger partial charge in [-0.25, -0.2) is 0 Å². The van der Waals surface area contributed by atoms with Gasteiger partial charge in [-0.2, -0.15) is 0 Å². The number of nitrogens with zero attached hydrogens (tertiary/aromatic N) is 1. The first-order valence-electron chi connectivity index (χ1n) is 4.01. The SMILES string of the molecule is C=CCN1C(=O)C(CC(=O)O)NC1=S. The van der Waals surface area contributed by atoms with Gasteiger partial charge in [0.15, 0.2) is 5.11 Å². The van der Waals surface area contributed by atoms with E-state index in [9.17, 15) is 9.59 Å². The van der Waals surface area contributed by atoms with E-state index in [0.717, 1.165) is 0 Å². The molecule has 1 amide bonds. The van der Waals surface area contributed by atoms with Crippen LogP contribution in [0, 0.1) is 0 Å². The van der Waals surface area contributed by atoms with Crippen LogP contribution >= 0.6 is 12.2 Å². The van der Waals surface area contributed by atoms with Crippen LogP contribution in [-0.4, -0.2) is 39.6 Å². The highest BCUT2D eigenvalue weighted by atomic mass is 32.1. The van der Waals surface area contributed by atoms with Gasteiger partial charge in [-0.05, 0) is 12.2 Å². The summed E-state index contributed by atoms with van der Waals surface area (Å²) in [6.07, 6.45) is 1.28. The Hall–Kier alpha value is -1.43. The minimum absolute atomic E-state index is 0.257. The van der Waals surface area contributed by atoms with Crippen LogP contribution in [0.5, 0.6) is 0 Å². The highest BCUT2D eigenvalue weighted by Crippen LogP contribution is 2.09. The van der Waals surface area contributed by atoms with Gasteiger partial charge in [0.2, 0.25) is 0 Å². The summed E-state index contributed by atoms with van der Waals surface area (Å²) in [5.74, 6) is -1.34. The van der Waals surface area contributed by atoms with Gasteiger partial charge in [0.1, 0.15) is 6.04 Å². The molecule has 0 aromatic rings. The van der Waals surface area contributed by atoms with E-state index in [-0.39, 0.29) is 17.4 Å². The molecule has 1 rings (SSSR count). The molecule has 1 fully saturated rings. The van der Waals surface area contributed by atoms with Crippen molar-refractivity contribution in [1.82, 2.24) is 10.2 Å². The maximum Gasteiger partial charge on any atom is 0.305 e. The molecule has 6 heteroatoms. The van der Waals surface area contributed by atoms with Gasteiger partial charge in [0.05, 0.1) is 6.42 Å². The second-order valence-electron chi connectivity index (χ2n) is 2.84. The smallest absolute Gasteiger partial charge is 0.305 e. The first-order valence-corrected chi connectivity index (χ1v) is 4.41. The molecule has 0 saturated carbocycles. The van der Waals surface area contributed by atoms with Crippen molar-refractivity contribution in [3.05, 3.63) is 12.7 Å². The molecule has 0 aromatic carbocycles. The third-order valence-corrected chi connectivity index (χ3v) is 2.14. The van der Waals surface area contributed by atoms with Gasteiger partial charge in [-0.15, -0.1) is 6.58 Å². The van der Waals surface area contributed by atoms with Crippen LogP contribution in [0.3, 0.4) is 0 Å². The van der Waals surface area contributed by atoms with Crippen LogP contribution in [0.25, 0.3) is 0 Å². The lowest BCUT2D eigenvalue weighted by Crippen LogP contribution is -2.32. The fourth-order valence-corrected chi connectivity index (χ4v) is 1.50. The summed E-state index contributed by atoms with van der Waals surface area (Å²) in [5, 5.41) is 11.4. The van der Waals surface area contributed by atoms with Crippen molar-refractivity contribution in [1.29, 1.82) is 0 Å². The van der Waals surface area contributed by atoms with Crippen LogP contribution in [0.15, 0.2) is 12.7 Å². The van der Waals surface area contributed by atoms with E-state index in [1.807, 2.05) is 0 Å². The number of hydrogen-bond donors (Lipinski definition) is 2. The predicted molar refractivity (Wildman–Crippen MR) is 53.7 cm³/mol. The molecule has 0 bridgehead atoms. The zero-order valence-electron chi connectivity index (χ0n) is 7.40. The van der Waals surface area contributed by atoms with E-state index >= 15 is 0 Å². The number of aliphatic carboxylic acids is 1. The Bertz CT molecular complexity index is 303. The normalized spacial score (nSPS) is 20.9. The Morgan fingerprint density at radius 1 is 1.79 bits per heavy atom. The second kappa shape index (κ2) is 4.19. The van der Waals surface area contributed by atoms with Crippen molar-refractivity contribution in [3.63, 3.8) is 0 Å². The number of carbonyl (C=O) groups is 2. The molecule has 1 aliphatic heterocycles. The molecule has 5 nitrogen and oxygen atoms in total. The average molecular weight is 214 g/mol. The molecular formula is C8H10N2O3S. The lowest BCUT2D eigenvalue weighted by molar-refractivity contribution is -0.140. The number of thiocarbonyl (C=S) groups is 1. The largest absolute Gasteiger partial charge is 0.481 e. The summed E-state index contributed by atoms with van der Waals surface area (Å²) in [6.45, 7) is 3.79. The molecule has 1 saturated heterocycles. The van der Waals surface area contributed by atoms with Crippen molar-refractivity contribution in [2.24, 2.45) is 0 Å². The topological polar surface area (TPSA) is 69.6 Å². The Balaban J connectivity index is 2.68. The van der Waals surface area contributed by atoms with E-state index < -0.39 is 12.0 Å². The lowest BCUT2D eigenvalue weighted by atomic mass is 10.2. The summed E-state index contributed by atoms with van der Waals surface area (Å²) >= 11 is 4.87. The quantitative estimate of drug-likeness (QED) is 0.498. The van der Waals surface area contributed by atoms with Gasteiger partial charge in [-0.3, -0.25) is 14.5 Å². The number of carboxylic acid groups (broad SMARTS) is 1. The van der Waals surface area contributed by atoms with Crippen molar-refractivity contribution in [2.75, 3.05) is 6.54 Å². The molecule has 0 aliphatic carbocycles. The molecule has 1 heterocycles. The van der Waals surface area contributed by atoms with Gasteiger partial charge in [0.25, 0.3) is 5.91 Å². The third kappa shape index (κ3) is 2.08. The molecule has 0 radical (unpaired) electrons. The number of carboxylic acids is 1. The van der Waals surface area contributed by atoms with Crippen LogP contribution < -0.4 is 5.32 Å². The summed E-state index contributed by atoms with van der Waals surface area (Å²) in [5.41, 5.74) is 0. The molecule has 76 valence electrons. The van der Waals surface area contributed by atoms with Crippen LogP contribution in [0.2, 0.25) is 0 Å². The molecule has 2 N–H and O–H groups in total. The summed E-state index contributed by atoms with van der Waals surface area (Å²) in [6, 6.07) is -0.736. The summed E-state index contributed by atoms with van der Waals surface area (Å²) in [7, 11) is 0. The molecule has 0 spiro atoms. The minimum atomic E-state index is -1.03. The highest BCUT2D eigenvalue weighted by Gasteiger charge is 2.35. The van der Waals surface area contributed by atoms with Crippen molar-refractivity contribution in [2.45, 2.75) is 12.5 Å². The number of nitrogens with one attached hydrogen (secondary N) is 1. The lowest BCUT2D eigenvalue weighted by Gasteiger charge is -2.10. The predicted octanol–water partition coefficient (Wildman–Crippen LogP) is -0.268. The second-order valence-corrected chi connectivity index (χ2v) is 3.22. The molecule has 14 heavy (non-hydrogen) atoms. The van der Waals surface area contributed by atoms with Crippen molar-refractivity contribution in [3.8, 4) is 0 Å². The number of rotatable bonds is 4. The Kier molecular flexibility index (Phi) is 3.19. The van der Waals surface area contributed by atoms with E-state index in [4.69, 9.17) is 17.3 Å². The third-order valence-electron chi connectivity index (χ3n) is 1.80. The minimum Gasteiger partial charge on any atom is -0.481 e. The van der Waals surface area contributed by atoms with Crippen molar-refractivity contribution < 1.29 is 14.7 Å². The molecule has 0 aromatic heterocycles. The molecule has 1 unspecified atom stereocenters. The average Bonchev–Trinajstić information content (AvgIpc) is 2.32. The van der Waals surface area contributed by atoms with E-state index in [2.05, 4.69) is 11.9 Å². The van der Waals surface area contributed by atoms with E-state index in [0.29, 0.717) is 6.54 Å². The fourth-order valence-electron chi connectivity index (χ4n) is 1.19. The first-order chi connectivity index (χ1) is 6.56. The van der Waals surface area contributed by atoms with Gasteiger partial charge < -0.3 is 10.4 Å². The van der Waals surface area contributed by atoms with E-state index in [1.165, 1.54) is 11.0 Å². The summed E-state index contributed by atoms with van der Waals surface area (Å²) < 4.78 is 0. The number of carbonyl (C=O) groups excluding carboxylic acids is 1. The standard InChI is InChI=1S/C8H10N2O3S/c1-2-3-10-7(13)5(4-6(11)12)9-8(10)14/h2,5H,1,3-4H2,(H,9,14)(H,11,12). The van der Waals surface area contributed by atoms with E-state index in [1.54, 1.807) is 0 Å². The van der Waals surface area contributed by atoms with Gasteiger partial charge in [0, 0.05) is 6.54 Å². The number of hydrogen-bond acceptors (Lipinski definition) is 3. The Morgan fingerprint density at radius 3 is 2.93 bits per heavy atom. The summed E-state index contributed by atoms with van der Waals surface area (Å²) in [4.78, 5) is 23.2. The maximum atomic E-state index is 11.5. The molecule has 1 aliphatic rings. The maximum absolute atomic E-state index is 11.5.